The summed E-state index contributed by atoms with van der Waals surface area (Å²) in [5, 5.41) is 10.9. The van der Waals surface area contributed by atoms with Crippen molar-refractivity contribution in [2.75, 3.05) is 19.0 Å². The number of anilines is 1. The van der Waals surface area contributed by atoms with Gasteiger partial charge in [-0.2, -0.15) is 5.10 Å². The fraction of sp³-hybridized carbons (Fsp3) is 0.200. The highest BCUT2D eigenvalue weighted by molar-refractivity contribution is 9.10. The van der Waals surface area contributed by atoms with Crippen LogP contribution in [0.4, 0.5) is 5.69 Å². The normalized spacial score (nSPS) is 15.5. The molecule has 0 fully saturated rings. The number of nitrogens with zero attached hydrogens (tertiary/aromatic N) is 3. The van der Waals surface area contributed by atoms with Gasteiger partial charge in [-0.1, -0.05) is 70.5 Å². The van der Waals surface area contributed by atoms with Gasteiger partial charge in [-0.05, 0) is 53.2 Å². The van der Waals surface area contributed by atoms with E-state index >= 15 is 0 Å². The highest BCUT2D eigenvalue weighted by Crippen LogP contribution is 2.34. The van der Waals surface area contributed by atoms with E-state index in [1.807, 2.05) is 23.2 Å². The van der Waals surface area contributed by atoms with E-state index in [4.69, 9.17) is 17.3 Å². The Morgan fingerprint density at radius 1 is 1.06 bits per heavy atom. The number of nitrogens with one attached hydrogen (secondary N) is 1. The van der Waals surface area contributed by atoms with Crippen molar-refractivity contribution in [3.63, 3.8) is 0 Å². The van der Waals surface area contributed by atoms with Crippen LogP contribution in [-0.2, 0) is 6.54 Å². The predicted molar refractivity (Wildman–Crippen MR) is 137 cm³/mol. The average Bonchev–Trinajstić information content (AvgIpc) is 3.24. The summed E-state index contributed by atoms with van der Waals surface area (Å²) in [7, 11) is 4.10. The minimum Gasteiger partial charge on any atom is -0.378 e. The van der Waals surface area contributed by atoms with E-state index in [1.165, 1.54) is 11.1 Å². The van der Waals surface area contributed by atoms with Gasteiger partial charge in [-0.15, -0.1) is 0 Å². The maximum absolute atomic E-state index is 5.78. The van der Waals surface area contributed by atoms with Crippen LogP contribution in [0.3, 0.4) is 0 Å². The van der Waals surface area contributed by atoms with E-state index in [1.54, 1.807) is 0 Å². The van der Waals surface area contributed by atoms with Gasteiger partial charge in [0, 0.05) is 37.2 Å². The molecule has 1 aliphatic heterocycles. The van der Waals surface area contributed by atoms with Gasteiger partial charge >= 0.3 is 0 Å². The van der Waals surface area contributed by atoms with E-state index in [0.29, 0.717) is 11.7 Å². The Bertz CT molecular complexity index is 1080. The Balaban J connectivity index is 1.61. The molecule has 6 heteroatoms. The Kier molecular flexibility index (Phi) is 6.68. The Labute approximate surface area is 197 Å². The summed E-state index contributed by atoms with van der Waals surface area (Å²) >= 11 is 9.31. The number of rotatable bonds is 5. The third-order valence-electron chi connectivity index (χ3n) is 5.36. The summed E-state index contributed by atoms with van der Waals surface area (Å²) in [5.74, 6) is 0. The summed E-state index contributed by atoms with van der Waals surface area (Å²) in [6, 6.07) is 27.2. The SMILES string of the molecule is CN(C)c1cccc(C2=NN(C(=S)NCc3ccccc3)C(c3ccc(Br)cc3)C2)c1. The molecule has 1 N–H and O–H groups in total. The molecule has 4 rings (SSSR count). The van der Waals surface area contributed by atoms with Crippen molar-refractivity contribution in [1.82, 2.24) is 10.3 Å². The molecule has 0 saturated carbocycles. The molecule has 3 aromatic rings. The first kappa shape index (κ1) is 21.5. The number of hydrogen-bond acceptors (Lipinski definition) is 3. The zero-order chi connectivity index (χ0) is 21.8. The van der Waals surface area contributed by atoms with Crippen molar-refractivity contribution in [3.05, 3.63) is 100 Å². The highest BCUT2D eigenvalue weighted by atomic mass is 79.9. The van der Waals surface area contributed by atoms with Crippen molar-refractivity contribution >= 4 is 44.7 Å². The maximum atomic E-state index is 5.78. The molecule has 1 atom stereocenters. The molecular formula is C25H25BrN4S. The molecule has 1 heterocycles. The molecule has 0 aliphatic carbocycles. The Hall–Kier alpha value is -2.70. The van der Waals surface area contributed by atoms with Gasteiger partial charge in [0.25, 0.3) is 0 Å². The fourth-order valence-electron chi connectivity index (χ4n) is 3.63. The van der Waals surface area contributed by atoms with Crippen molar-refractivity contribution < 1.29 is 0 Å². The topological polar surface area (TPSA) is 30.9 Å². The minimum absolute atomic E-state index is 0.0573. The van der Waals surface area contributed by atoms with E-state index in [-0.39, 0.29) is 6.04 Å². The van der Waals surface area contributed by atoms with Crippen molar-refractivity contribution in [2.24, 2.45) is 5.10 Å². The predicted octanol–water partition coefficient (Wildman–Crippen LogP) is 5.74. The number of hydrazone groups is 1. The van der Waals surface area contributed by atoms with Gasteiger partial charge in [0.05, 0.1) is 11.8 Å². The van der Waals surface area contributed by atoms with Gasteiger partial charge in [-0.3, -0.25) is 0 Å². The Morgan fingerprint density at radius 2 is 1.81 bits per heavy atom. The third kappa shape index (κ3) is 5.14. The van der Waals surface area contributed by atoms with Crippen LogP contribution >= 0.6 is 28.1 Å². The van der Waals surface area contributed by atoms with Gasteiger partial charge in [0.2, 0.25) is 0 Å². The number of halogens is 1. The average molecular weight is 493 g/mol. The number of thiocarbonyl (C=S) groups is 1. The molecular weight excluding hydrogens is 468 g/mol. The summed E-state index contributed by atoms with van der Waals surface area (Å²) in [6.45, 7) is 0.671. The minimum atomic E-state index is 0.0573. The first-order valence-corrected chi connectivity index (χ1v) is 11.4. The smallest absolute Gasteiger partial charge is 0.190 e. The molecule has 3 aromatic carbocycles. The largest absolute Gasteiger partial charge is 0.378 e. The van der Waals surface area contributed by atoms with Crippen LogP contribution in [-0.4, -0.2) is 29.9 Å². The van der Waals surface area contributed by atoms with Gasteiger partial charge in [0.15, 0.2) is 5.11 Å². The first-order chi connectivity index (χ1) is 15.0. The zero-order valence-electron chi connectivity index (χ0n) is 17.6. The van der Waals surface area contributed by atoms with Crippen LogP contribution in [0.5, 0.6) is 0 Å². The molecule has 158 valence electrons. The molecule has 0 radical (unpaired) electrons. The van der Waals surface area contributed by atoms with Crippen LogP contribution in [0.2, 0.25) is 0 Å². The first-order valence-electron chi connectivity index (χ1n) is 10.2. The van der Waals surface area contributed by atoms with Crippen molar-refractivity contribution in [3.8, 4) is 0 Å². The summed E-state index contributed by atoms with van der Waals surface area (Å²) < 4.78 is 1.06. The van der Waals surface area contributed by atoms with Crippen molar-refractivity contribution in [1.29, 1.82) is 0 Å². The van der Waals surface area contributed by atoms with Crippen molar-refractivity contribution in [2.45, 2.75) is 19.0 Å². The lowest BCUT2D eigenvalue weighted by Gasteiger charge is -2.25. The second-order valence-corrected chi connectivity index (χ2v) is 9.05. The second-order valence-electron chi connectivity index (χ2n) is 7.75. The lowest BCUT2D eigenvalue weighted by molar-refractivity contribution is 0.364. The molecule has 4 nitrogen and oxygen atoms in total. The molecule has 0 aromatic heterocycles. The molecule has 31 heavy (non-hydrogen) atoms. The molecule has 0 amide bonds. The van der Waals surface area contributed by atoms with E-state index in [0.717, 1.165) is 27.9 Å². The summed E-state index contributed by atoms with van der Waals surface area (Å²) in [4.78, 5) is 2.11. The monoisotopic (exact) mass is 492 g/mol. The van der Waals surface area contributed by atoms with E-state index in [2.05, 4.69) is 101 Å². The van der Waals surface area contributed by atoms with Crippen LogP contribution in [0.1, 0.15) is 29.2 Å². The third-order valence-corrected chi connectivity index (χ3v) is 6.22. The van der Waals surface area contributed by atoms with Crippen LogP contribution in [0.15, 0.2) is 88.4 Å². The quantitative estimate of drug-likeness (QED) is 0.460. The van der Waals surface area contributed by atoms with Crippen LogP contribution in [0, 0.1) is 0 Å². The van der Waals surface area contributed by atoms with Crippen LogP contribution in [0.25, 0.3) is 0 Å². The zero-order valence-corrected chi connectivity index (χ0v) is 20.0. The lowest BCUT2D eigenvalue weighted by Crippen LogP contribution is -2.36. The summed E-state index contributed by atoms with van der Waals surface area (Å²) in [6.07, 6.45) is 0.797. The van der Waals surface area contributed by atoms with Gasteiger partial charge < -0.3 is 10.2 Å². The van der Waals surface area contributed by atoms with Gasteiger partial charge in [-0.25, -0.2) is 5.01 Å². The maximum Gasteiger partial charge on any atom is 0.190 e. The van der Waals surface area contributed by atoms with Crippen LogP contribution < -0.4 is 10.2 Å². The fourth-order valence-corrected chi connectivity index (χ4v) is 4.14. The molecule has 0 bridgehead atoms. The van der Waals surface area contributed by atoms with Gasteiger partial charge in [0.1, 0.15) is 0 Å². The van der Waals surface area contributed by atoms with E-state index in [9.17, 15) is 0 Å². The Morgan fingerprint density at radius 3 is 2.52 bits per heavy atom. The number of benzene rings is 3. The lowest BCUT2D eigenvalue weighted by atomic mass is 9.98. The molecule has 0 spiro atoms. The molecule has 1 aliphatic rings. The molecule has 1 unspecified atom stereocenters. The summed E-state index contributed by atoms with van der Waals surface area (Å²) in [5.41, 5.74) is 5.70. The standard InChI is InChI=1S/C25H25BrN4S/c1-29(2)22-10-6-9-20(15-22)23-16-24(19-11-13-21(26)14-12-19)30(28-23)25(31)27-17-18-7-4-3-5-8-18/h3-15,24H,16-17H2,1-2H3,(H,27,31). The van der Waals surface area contributed by atoms with E-state index < -0.39 is 0 Å². The number of hydrogen-bond donors (Lipinski definition) is 1. The molecule has 0 saturated heterocycles. The second kappa shape index (κ2) is 9.62. The highest BCUT2D eigenvalue weighted by Gasteiger charge is 2.31.